The van der Waals surface area contributed by atoms with E-state index in [1.165, 1.54) is 17.7 Å². The van der Waals surface area contributed by atoms with Crippen molar-refractivity contribution >= 4 is 16.2 Å². The summed E-state index contributed by atoms with van der Waals surface area (Å²) in [6.45, 7) is 9.54. The van der Waals surface area contributed by atoms with Crippen molar-refractivity contribution < 1.29 is 13.7 Å². The van der Waals surface area contributed by atoms with Crippen molar-refractivity contribution in [2.24, 2.45) is 5.41 Å². The van der Waals surface area contributed by atoms with Crippen molar-refractivity contribution in [3.63, 3.8) is 0 Å². The van der Waals surface area contributed by atoms with Gasteiger partial charge in [0.05, 0.1) is 23.7 Å². The van der Waals surface area contributed by atoms with Crippen LogP contribution in [0.4, 0.5) is 4.39 Å². The zero-order chi connectivity index (χ0) is 25.9. The number of hydrogen-bond donors (Lipinski definition) is 2. The molecule has 36 heavy (non-hydrogen) atoms. The Morgan fingerprint density at radius 1 is 1.11 bits per heavy atom. The molecule has 1 N–H and O–H groups in total. The van der Waals surface area contributed by atoms with Crippen LogP contribution in [-0.4, -0.2) is 48.9 Å². The Morgan fingerprint density at radius 2 is 1.78 bits per heavy atom. The Bertz CT molecular complexity index is 1350. The topological polar surface area (TPSA) is 58.4 Å². The van der Waals surface area contributed by atoms with Gasteiger partial charge in [0.1, 0.15) is 5.82 Å². The smallest absolute Gasteiger partial charge is 0.123 e. The number of hydrogen-bond acceptors (Lipinski definition) is 3. The average Bonchev–Trinajstić information content (AvgIpc) is 3.24. The van der Waals surface area contributed by atoms with Crippen LogP contribution in [0.2, 0.25) is 0 Å². The molecule has 1 aromatic heterocycles. The molecule has 3 aromatic rings. The third kappa shape index (κ3) is 4.17. The lowest BCUT2D eigenvalue weighted by Crippen LogP contribution is -2.55. The first kappa shape index (κ1) is 25.1. The minimum atomic E-state index is -2.83. The van der Waals surface area contributed by atoms with Crippen molar-refractivity contribution in [2.75, 3.05) is 19.3 Å². The second-order valence-electron chi connectivity index (χ2n) is 11.4. The highest BCUT2D eigenvalue weighted by atomic mass is 32.3. The quantitative estimate of drug-likeness (QED) is 0.490. The summed E-state index contributed by atoms with van der Waals surface area (Å²) in [5, 5.41) is 15.7. The van der Waals surface area contributed by atoms with Gasteiger partial charge in [0.2, 0.25) is 0 Å². The predicted molar refractivity (Wildman–Crippen MR) is 144 cm³/mol. The summed E-state index contributed by atoms with van der Waals surface area (Å²) in [7, 11) is -2.83. The van der Waals surface area contributed by atoms with Crippen molar-refractivity contribution in [3.8, 4) is 5.69 Å². The van der Waals surface area contributed by atoms with Gasteiger partial charge in [-0.2, -0.15) is 5.10 Å². The van der Waals surface area contributed by atoms with E-state index < -0.39 is 21.6 Å². The van der Waals surface area contributed by atoms with Crippen molar-refractivity contribution in [1.29, 1.82) is 0 Å². The Morgan fingerprint density at radius 3 is 2.39 bits per heavy atom. The van der Waals surface area contributed by atoms with E-state index in [2.05, 4.69) is 48.4 Å². The maximum Gasteiger partial charge on any atom is 0.123 e. The molecule has 0 spiro atoms. The zero-order valence-corrected chi connectivity index (χ0v) is 22.6. The molecule has 1 aliphatic heterocycles. The highest BCUT2D eigenvalue weighted by Crippen LogP contribution is 2.48. The largest absolute Gasteiger partial charge is 0.392 e. The maximum atomic E-state index is 14.2. The second kappa shape index (κ2) is 8.75. The molecule has 2 aliphatic rings. The summed E-state index contributed by atoms with van der Waals surface area (Å²) in [4.78, 5) is 0.851. The number of piperidine rings is 1. The Hall–Kier alpha value is -2.61. The molecule has 5 nitrogen and oxygen atoms in total. The number of aliphatic hydroxyl groups excluding tert-OH is 1. The molecule has 0 bridgehead atoms. The van der Waals surface area contributed by atoms with Gasteiger partial charge >= 0.3 is 0 Å². The van der Waals surface area contributed by atoms with E-state index in [1.54, 1.807) is 12.1 Å². The summed E-state index contributed by atoms with van der Waals surface area (Å²) < 4.78 is 31.6. The van der Waals surface area contributed by atoms with Crippen molar-refractivity contribution in [3.05, 3.63) is 82.9 Å². The molecule has 1 fully saturated rings. The number of thiol groups is 1. The van der Waals surface area contributed by atoms with Gasteiger partial charge in [-0.3, -0.25) is 4.21 Å². The molecule has 7 heteroatoms. The fourth-order valence-corrected chi connectivity index (χ4v) is 7.67. The Labute approximate surface area is 214 Å². The van der Waals surface area contributed by atoms with E-state index in [9.17, 15) is 13.7 Å². The summed E-state index contributed by atoms with van der Waals surface area (Å²) in [6, 6.07) is 14.5. The number of benzene rings is 2. The fourth-order valence-electron chi connectivity index (χ4n) is 5.64. The van der Waals surface area contributed by atoms with Gasteiger partial charge in [-0.1, -0.05) is 38.5 Å². The molecule has 192 valence electrons. The van der Waals surface area contributed by atoms with Crippen LogP contribution in [0.25, 0.3) is 11.8 Å². The molecule has 2 heterocycles. The number of fused-ring (bicyclic) bond motifs is 2. The van der Waals surface area contributed by atoms with Gasteiger partial charge in [0.15, 0.2) is 0 Å². The van der Waals surface area contributed by atoms with Crippen LogP contribution >= 0.6 is 0 Å². The average molecular weight is 510 g/mol. The van der Waals surface area contributed by atoms with Crippen LogP contribution in [0.5, 0.6) is 0 Å². The number of rotatable bonds is 4. The molecule has 0 radical (unpaired) electrons. The number of aliphatic hydroxyl groups is 1. The number of nitrogens with zero attached hydrogens (tertiary/aromatic N) is 3. The molecule has 0 saturated carbocycles. The van der Waals surface area contributed by atoms with Crippen molar-refractivity contribution in [1.82, 2.24) is 14.1 Å². The van der Waals surface area contributed by atoms with Gasteiger partial charge < -0.3 is 5.11 Å². The molecule has 1 unspecified atom stereocenters. The lowest BCUT2D eigenvalue weighted by atomic mass is 9.66. The van der Waals surface area contributed by atoms with E-state index >= 15 is 0 Å². The normalized spacial score (nSPS) is 21.9. The number of halogens is 1. The maximum absolute atomic E-state index is 14.2. The van der Waals surface area contributed by atoms with Gasteiger partial charge in [0, 0.05) is 29.7 Å². The monoisotopic (exact) mass is 509 g/mol. The first-order chi connectivity index (χ1) is 16.9. The first-order valence-corrected chi connectivity index (χ1v) is 14.7. The summed E-state index contributed by atoms with van der Waals surface area (Å²) in [5.74, 6) is -0.282. The van der Waals surface area contributed by atoms with Crippen LogP contribution < -0.4 is 0 Å². The second-order valence-corrected chi connectivity index (χ2v) is 14.3. The lowest BCUT2D eigenvalue weighted by Gasteiger charge is -2.51. The molecular weight excluding hydrogens is 473 g/mol. The molecule has 2 atom stereocenters. The van der Waals surface area contributed by atoms with Gasteiger partial charge in [-0.25, -0.2) is 13.4 Å². The summed E-state index contributed by atoms with van der Waals surface area (Å²) in [6.07, 6.45) is 6.55. The van der Waals surface area contributed by atoms with Crippen LogP contribution in [0.3, 0.4) is 0 Å². The fraction of sp³-hybridized carbons (Fsp3) is 0.414. The SMILES string of the molecule is CC(O)[C@]12Cc3cnn(-c4ccc(F)cc4)c3C=C1CCN([SH](C)(=O)c1ccc(C(C)(C)C)cc1)C2. The molecule has 1 saturated heterocycles. The standard InChI is InChI=1S/C29H36FN3O2S/c1-20(34)29-17-21-18-31-33(25-10-8-24(30)9-11-25)27(21)16-23(29)14-15-32(19-29)36(5,35)26-12-6-22(7-13-26)28(2,3)4/h6-13,16,18,20,34,36H,14-15,17,19H2,1-5H3/t20?,29-/m1/s1. The molecular formula is C29H36FN3O2S. The third-order valence-corrected chi connectivity index (χ3v) is 10.7. The molecule has 2 aromatic carbocycles. The molecule has 5 rings (SSSR count). The highest BCUT2D eigenvalue weighted by molar-refractivity contribution is 8.00. The third-order valence-electron chi connectivity index (χ3n) is 8.07. The Kier molecular flexibility index (Phi) is 6.09. The molecule has 0 amide bonds. The van der Waals surface area contributed by atoms with E-state index in [1.807, 2.05) is 36.2 Å². The Balaban J connectivity index is 1.47. The van der Waals surface area contributed by atoms with E-state index in [0.29, 0.717) is 19.5 Å². The van der Waals surface area contributed by atoms with Crippen molar-refractivity contribution in [2.45, 2.75) is 57.0 Å². The van der Waals surface area contributed by atoms with E-state index in [4.69, 9.17) is 0 Å². The lowest BCUT2D eigenvalue weighted by molar-refractivity contribution is 0.0371. The van der Waals surface area contributed by atoms with Gasteiger partial charge in [0.25, 0.3) is 0 Å². The highest BCUT2D eigenvalue weighted by Gasteiger charge is 2.48. The minimum Gasteiger partial charge on any atom is -0.392 e. The van der Waals surface area contributed by atoms with E-state index in [-0.39, 0.29) is 11.2 Å². The van der Waals surface area contributed by atoms with Gasteiger partial charge in [-0.05, 0) is 88.9 Å². The minimum absolute atomic E-state index is 0.0373. The number of aromatic nitrogens is 2. The summed E-state index contributed by atoms with van der Waals surface area (Å²) in [5.41, 5.74) is 4.69. The summed E-state index contributed by atoms with van der Waals surface area (Å²) >= 11 is 0. The van der Waals surface area contributed by atoms with Crippen LogP contribution in [-0.2, 0) is 22.0 Å². The van der Waals surface area contributed by atoms with Crippen LogP contribution in [0.15, 0.2) is 65.2 Å². The van der Waals surface area contributed by atoms with Crippen LogP contribution in [0, 0.1) is 11.2 Å². The van der Waals surface area contributed by atoms with Gasteiger partial charge in [-0.15, -0.1) is 0 Å². The van der Waals surface area contributed by atoms with E-state index in [0.717, 1.165) is 33.8 Å². The molecule has 1 aliphatic carbocycles. The zero-order valence-electron chi connectivity index (χ0n) is 21.7. The predicted octanol–water partition coefficient (Wildman–Crippen LogP) is 4.94. The first-order valence-electron chi connectivity index (χ1n) is 12.6. The van der Waals surface area contributed by atoms with Crippen LogP contribution in [0.1, 0.15) is 50.9 Å².